The van der Waals surface area contributed by atoms with Gasteiger partial charge in [-0.2, -0.15) is 5.10 Å². The van der Waals surface area contributed by atoms with E-state index in [0.717, 1.165) is 43.3 Å². The molecule has 3 heterocycles. The standard InChI is InChI=1S/C10H14N6OS/c17-10-12-9(14-15-10)7-1-3-16(4-2-7)5-8-13-11-6-18-8/h6-7H,1-5H2,(H2,12,14,15,17). The fourth-order valence-electron chi connectivity index (χ4n) is 2.30. The van der Waals surface area contributed by atoms with Crippen LogP contribution >= 0.6 is 11.3 Å². The lowest BCUT2D eigenvalue weighted by atomic mass is 9.96. The van der Waals surface area contributed by atoms with Crippen LogP contribution < -0.4 is 5.69 Å². The molecule has 18 heavy (non-hydrogen) atoms. The number of hydrogen-bond donors (Lipinski definition) is 2. The Bertz CT molecular complexity index is 539. The minimum absolute atomic E-state index is 0.221. The van der Waals surface area contributed by atoms with Crippen molar-refractivity contribution >= 4 is 11.3 Å². The highest BCUT2D eigenvalue weighted by atomic mass is 32.1. The summed E-state index contributed by atoms with van der Waals surface area (Å²) in [5.41, 5.74) is 1.54. The van der Waals surface area contributed by atoms with Crippen LogP contribution in [0.15, 0.2) is 10.3 Å². The van der Waals surface area contributed by atoms with Crippen LogP contribution in [0.25, 0.3) is 0 Å². The molecular weight excluding hydrogens is 252 g/mol. The van der Waals surface area contributed by atoms with Crippen molar-refractivity contribution in [3.8, 4) is 0 Å². The van der Waals surface area contributed by atoms with Crippen molar-refractivity contribution in [1.29, 1.82) is 0 Å². The molecule has 1 aliphatic heterocycles. The predicted octanol–water partition coefficient (Wildman–Crippen LogP) is 0.329. The number of rotatable bonds is 3. The Morgan fingerprint density at radius 3 is 2.89 bits per heavy atom. The van der Waals surface area contributed by atoms with Gasteiger partial charge in [0.05, 0.1) is 6.54 Å². The Labute approximate surface area is 107 Å². The highest BCUT2D eigenvalue weighted by molar-refractivity contribution is 7.09. The molecule has 0 aromatic carbocycles. The zero-order valence-electron chi connectivity index (χ0n) is 9.80. The Morgan fingerprint density at radius 2 is 2.28 bits per heavy atom. The summed E-state index contributed by atoms with van der Waals surface area (Å²) in [7, 11) is 0. The summed E-state index contributed by atoms with van der Waals surface area (Å²) in [5.74, 6) is 1.14. The van der Waals surface area contributed by atoms with Crippen molar-refractivity contribution in [2.75, 3.05) is 13.1 Å². The van der Waals surface area contributed by atoms with Crippen molar-refractivity contribution in [3.05, 3.63) is 26.8 Å². The van der Waals surface area contributed by atoms with E-state index in [9.17, 15) is 4.79 Å². The van der Waals surface area contributed by atoms with Gasteiger partial charge in [-0.3, -0.25) is 9.88 Å². The molecular formula is C10H14N6OS. The van der Waals surface area contributed by atoms with E-state index in [2.05, 4.69) is 30.3 Å². The Balaban J connectivity index is 1.56. The van der Waals surface area contributed by atoms with Gasteiger partial charge >= 0.3 is 5.69 Å². The molecule has 0 bridgehead atoms. The Morgan fingerprint density at radius 1 is 1.44 bits per heavy atom. The van der Waals surface area contributed by atoms with Crippen LogP contribution in [-0.4, -0.2) is 43.4 Å². The second kappa shape index (κ2) is 4.99. The number of H-pyrrole nitrogens is 2. The van der Waals surface area contributed by atoms with Gasteiger partial charge in [-0.25, -0.2) is 9.89 Å². The molecule has 1 fully saturated rings. The van der Waals surface area contributed by atoms with Crippen molar-refractivity contribution in [3.63, 3.8) is 0 Å². The fourth-order valence-corrected chi connectivity index (χ4v) is 2.86. The molecule has 0 atom stereocenters. The van der Waals surface area contributed by atoms with Crippen LogP contribution in [0.4, 0.5) is 0 Å². The quantitative estimate of drug-likeness (QED) is 0.835. The van der Waals surface area contributed by atoms with Gasteiger partial charge in [-0.1, -0.05) is 0 Å². The number of nitrogens with one attached hydrogen (secondary N) is 2. The normalized spacial score (nSPS) is 18.2. The summed E-state index contributed by atoms with van der Waals surface area (Å²) in [6.07, 6.45) is 2.03. The lowest BCUT2D eigenvalue weighted by molar-refractivity contribution is 0.201. The van der Waals surface area contributed by atoms with E-state index >= 15 is 0 Å². The molecule has 0 amide bonds. The van der Waals surface area contributed by atoms with E-state index in [1.54, 1.807) is 16.8 Å². The zero-order chi connectivity index (χ0) is 12.4. The van der Waals surface area contributed by atoms with Crippen molar-refractivity contribution in [2.24, 2.45) is 0 Å². The average molecular weight is 266 g/mol. The van der Waals surface area contributed by atoms with Crippen LogP contribution in [0, 0.1) is 0 Å². The van der Waals surface area contributed by atoms with Gasteiger partial charge in [0.25, 0.3) is 0 Å². The van der Waals surface area contributed by atoms with Gasteiger partial charge in [0.15, 0.2) is 0 Å². The second-order valence-electron chi connectivity index (χ2n) is 4.45. The third-order valence-corrected chi connectivity index (χ3v) is 3.94. The van der Waals surface area contributed by atoms with Crippen LogP contribution in [-0.2, 0) is 6.54 Å². The fraction of sp³-hybridized carbons (Fsp3) is 0.600. The molecule has 2 aromatic heterocycles. The first kappa shape index (κ1) is 11.5. The summed E-state index contributed by atoms with van der Waals surface area (Å²) in [4.78, 5) is 16.1. The molecule has 2 aromatic rings. The van der Waals surface area contributed by atoms with E-state index in [0.29, 0.717) is 5.92 Å². The smallest absolute Gasteiger partial charge is 0.297 e. The molecule has 2 N–H and O–H groups in total. The lowest BCUT2D eigenvalue weighted by Gasteiger charge is -2.29. The number of aromatic amines is 2. The maximum Gasteiger partial charge on any atom is 0.340 e. The SMILES string of the molecule is O=c1[nH]nc(C2CCN(Cc3nncs3)CC2)[nH]1. The van der Waals surface area contributed by atoms with Gasteiger partial charge in [-0.15, -0.1) is 21.5 Å². The number of nitrogens with zero attached hydrogens (tertiary/aromatic N) is 4. The molecule has 96 valence electrons. The third-order valence-electron chi connectivity index (χ3n) is 3.26. The van der Waals surface area contributed by atoms with Gasteiger partial charge < -0.3 is 0 Å². The molecule has 8 heteroatoms. The summed E-state index contributed by atoms with van der Waals surface area (Å²) in [5, 5.41) is 15.4. The molecule has 0 saturated carbocycles. The van der Waals surface area contributed by atoms with Gasteiger partial charge in [0.2, 0.25) is 0 Å². The van der Waals surface area contributed by atoms with E-state index in [4.69, 9.17) is 0 Å². The van der Waals surface area contributed by atoms with E-state index in [1.165, 1.54) is 0 Å². The summed E-state index contributed by atoms with van der Waals surface area (Å²) < 4.78 is 0. The van der Waals surface area contributed by atoms with Gasteiger partial charge in [0.1, 0.15) is 16.3 Å². The molecule has 1 saturated heterocycles. The van der Waals surface area contributed by atoms with Gasteiger partial charge in [0, 0.05) is 5.92 Å². The molecule has 0 radical (unpaired) electrons. The van der Waals surface area contributed by atoms with E-state index in [1.807, 2.05) is 0 Å². The Kier molecular flexibility index (Phi) is 3.20. The first-order valence-corrected chi connectivity index (χ1v) is 6.81. The molecule has 0 unspecified atom stereocenters. The second-order valence-corrected chi connectivity index (χ2v) is 5.36. The topological polar surface area (TPSA) is 90.6 Å². The summed E-state index contributed by atoms with van der Waals surface area (Å²) >= 11 is 1.59. The molecule has 0 aliphatic carbocycles. The number of hydrogen-bond acceptors (Lipinski definition) is 6. The maximum atomic E-state index is 11.0. The largest absolute Gasteiger partial charge is 0.340 e. The summed E-state index contributed by atoms with van der Waals surface area (Å²) in [6, 6.07) is 0. The number of likely N-dealkylation sites (tertiary alicyclic amines) is 1. The third kappa shape index (κ3) is 2.49. The lowest BCUT2D eigenvalue weighted by Crippen LogP contribution is -2.32. The van der Waals surface area contributed by atoms with Crippen LogP contribution in [0.2, 0.25) is 0 Å². The van der Waals surface area contributed by atoms with Crippen molar-refractivity contribution < 1.29 is 0 Å². The zero-order valence-corrected chi connectivity index (χ0v) is 10.6. The molecule has 3 rings (SSSR count). The van der Waals surface area contributed by atoms with Gasteiger partial charge in [-0.05, 0) is 25.9 Å². The minimum atomic E-state index is -0.221. The van der Waals surface area contributed by atoms with Crippen molar-refractivity contribution in [2.45, 2.75) is 25.3 Å². The van der Waals surface area contributed by atoms with E-state index in [-0.39, 0.29) is 5.69 Å². The monoisotopic (exact) mass is 266 g/mol. The maximum absolute atomic E-state index is 11.0. The van der Waals surface area contributed by atoms with Crippen molar-refractivity contribution in [1.82, 2.24) is 30.3 Å². The van der Waals surface area contributed by atoms with Crippen LogP contribution in [0.5, 0.6) is 0 Å². The average Bonchev–Trinajstić information content (AvgIpc) is 3.02. The minimum Gasteiger partial charge on any atom is -0.297 e. The molecule has 7 nitrogen and oxygen atoms in total. The highest BCUT2D eigenvalue weighted by Crippen LogP contribution is 2.25. The predicted molar refractivity (Wildman–Crippen MR) is 66.4 cm³/mol. The first-order chi connectivity index (χ1) is 8.81. The Hall–Kier alpha value is -1.54. The highest BCUT2D eigenvalue weighted by Gasteiger charge is 2.23. The van der Waals surface area contributed by atoms with Crippen LogP contribution in [0.3, 0.4) is 0 Å². The number of piperidine rings is 1. The van der Waals surface area contributed by atoms with Crippen LogP contribution in [0.1, 0.15) is 29.6 Å². The molecule has 0 spiro atoms. The van der Waals surface area contributed by atoms with E-state index < -0.39 is 0 Å². The molecule has 1 aliphatic rings. The summed E-state index contributed by atoms with van der Waals surface area (Å²) in [6.45, 7) is 2.87. The number of aromatic nitrogens is 5. The first-order valence-electron chi connectivity index (χ1n) is 5.93.